The van der Waals surface area contributed by atoms with Gasteiger partial charge in [0.25, 0.3) is 0 Å². The molecule has 1 unspecified atom stereocenters. The molecular weight excluding hydrogens is 524 g/mol. The second kappa shape index (κ2) is 10.5. The molecule has 4 atom stereocenters. The Labute approximate surface area is 243 Å². The van der Waals surface area contributed by atoms with Gasteiger partial charge < -0.3 is 28.6 Å². The van der Waals surface area contributed by atoms with Crippen LogP contribution in [0, 0.1) is 0 Å². The van der Waals surface area contributed by atoms with E-state index in [0.29, 0.717) is 25.3 Å². The predicted molar refractivity (Wildman–Crippen MR) is 152 cm³/mol. The molecule has 4 heterocycles. The summed E-state index contributed by atoms with van der Waals surface area (Å²) in [7, 11) is 1.65. The summed E-state index contributed by atoms with van der Waals surface area (Å²) in [5.74, 6) is 1.39. The zero-order chi connectivity index (χ0) is 29.0. The van der Waals surface area contributed by atoms with E-state index in [4.69, 9.17) is 23.7 Å². The Balaban J connectivity index is 1.39. The Hall–Kier alpha value is -2.78. The fraction of sp³-hybridized carbons (Fsp3) is 0.688. The molecule has 9 nitrogen and oxygen atoms in total. The maximum atomic E-state index is 14.5. The van der Waals surface area contributed by atoms with Crippen molar-refractivity contribution in [3.05, 3.63) is 35.1 Å². The molecule has 6 rings (SSSR count). The average molecular weight is 569 g/mol. The van der Waals surface area contributed by atoms with Crippen LogP contribution in [-0.4, -0.2) is 84.6 Å². The lowest BCUT2D eigenvalue weighted by Gasteiger charge is -2.45. The van der Waals surface area contributed by atoms with Crippen molar-refractivity contribution in [3.63, 3.8) is 0 Å². The SMILES string of the molecule is CCN(CC)C(=O)C[C@@]1(C(=O)OC2C(OC)=C[C@@]34CCCN3CCc3cc5c(cc3[C@H]24)OCO5)CCCC(C)(C)O1. The number of fused-ring (bicyclic) bond motifs is 3. The third-order valence-electron chi connectivity index (χ3n) is 9.95. The van der Waals surface area contributed by atoms with Crippen LogP contribution in [-0.2, 0) is 30.2 Å². The topological polar surface area (TPSA) is 86.8 Å². The fourth-order valence-electron chi connectivity index (χ4n) is 8.02. The summed E-state index contributed by atoms with van der Waals surface area (Å²) in [6.07, 6.45) is 6.42. The Morgan fingerprint density at radius 2 is 1.80 bits per heavy atom. The van der Waals surface area contributed by atoms with E-state index >= 15 is 0 Å². The minimum Gasteiger partial charge on any atom is -0.497 e. The van der Waals surface area contributed by atoms with Crippen molar-refractivity contribution in [3.8, 4) is 11.5 Å². The van der Waals surface area contributed by atoms with Gasteiger partial charge in [-0.05, 0) is 102 Å². The summed E-state index contributed by atoms with van der Waals surface area (Å²) < 4.78 is 30.6. The fourth-order valence-corrected chi connectivity index (χ4v) is 8.02. The Morgan fingerprint density at radius 3 is 2.51 bits per heavy atom. The van der Waals surface area contributed by atoms with Gasteiger partial charge >= 0.3 is 5.97 Å². The third kappa shape index (κ3) is 4.69. The Kier molecular flexibility index (Phi) is 7.25. The molecule has 4 aliphatic heterocycles. The van der Waals surface area contributed by atoms with Crippen molar-refractivity contribution in [2.24, 2.45) is 0 Å². The molecule has 1 amide bonds. The van der Waals surface area contributed by atoms with Gasteiger partial charge in [0.15, 0.2) is 23.2 Å². The van der Waals surface area contributed by atoms with Gasteiger partial charge in [-0.15, -0.1) is 0 Å². The average Bonchev–Trinajstić information content (AvgIpc) is 3.62. The first-order valence-electron chi connectivity index (χ1n) is 15.3. The number of hydrogen-bond donors (Lipinski definition) is 0. The molecule has 0 bridgehead atoms. The van der Waals surface area contributed by atoms with Crippen LogP contribution in [0.25, 0.3) is 0 Å². The normalized spacial score (nSPS) is 31.4. The highest BCUT2D eigenvalue weighted by molar-refractivity contribution is 5.88. The standard InChI is InChI=1S/C32H44N2O7/c1-6-33(7-2)26(35)19-32(13-8-11-30(3,4)41-32)29(36)40-28-25(37-5)18-31-12-9-14-34(31)15-10-21-16-23-24(39-20-38-23)17-22(21)27(28)31/h16-18,27-28H,6-15,19-20H2,1-5H3/t27-,28?,31-,32-/m1/s1. The van der Waals surface area contributed by atoms with Crippen molar-refractivity contribution in [1.82, 2.24) is 9.80 Å². The van der Waals surface area contributed by atoms with Crippen LogP contribution in [0.2, 0.25) is 0 Å². The molecular formula is C32H44N2O7. The molecule has 1 aromatic carbocycles. The summed E-state index contributed by atoms with van der Waals surface area (Å²) in [4.78, 5) is 32.1. The van der Waals surface area contributed by atoms with Crippen LogP contribution in [0.4, 0.5) is 0 Å². The number of hydrogen-bond acceptors (Lipinski definition) is 8. The minimum atomic E-state index is -1.35. The third-order valence-corrected chi connectivity index (χ3v) is 9.95. The van der Waals surface area contributed by atoms with Crippen LogP contribution < -0.4 is 9.47 Å². The lowest BCUT2D eigenvalue weighted by atomic mass is 9.77. The van der Waals surface area contributed by atoms with Crippen LogP contribution in [0.15, 0.2) is 24.0 Å². The van der Waals surface area contributed by atoms with Crippen LogP contribution in [0.5, 0.6) is 11.5 Å². The van der Waals surface area contributed by atoms with E-state index in [-0.39, 0.29) is 30.6 Å². The minimum absolute atomic E-state index is 0.0348. The molecule has 0 aromatic heterocycles. The van der Waals surface area contributed by atoms with E-state index in [0.717, 1.165) is 62.3 Å². The first kappa shape index (κ1) is 28.3. The first-order valence-corrected chi connectivity index (χ1v) is 15.3. The number of ether oxygens (including phenoxy) is 5. The Bertz CT molecular complexity index is 1240. The maximum Gasteiger partial charge on any atom is 0.339 e. The van der Waals surface area contributed by atoms with Gasteiger partial charge in [0.2, 0.25) is 12.7 Å². The van der Waals surface area contributed by atoms with E-state index in [2.05, 4.69) is 23.1 Å². The second-order valence-electron chi connectivity index (χ2n) is 12.7. The highest BCUT2D eigenvalue weighted by Crippen LogP contribution is 2.56. The molecule has 1 spiro atoms. The van der Waals surface area contributed by atoms with Crippen molar-refractivity contribution < 1.29 is 33.3 Å². The number of methoxy groups -OCH3 is 1. The van der Waals surface area contributed by atoms with Crippen LogP contribution >= 0.6 is 0 Å². The maximum absolute atomic E-state index is 14.5. The van der Waals surface area contributed by atoms with Gasteiger partial charge in [-0.1, -0.05) is 0 Å². The molecule has 224 valence electrons. The molecule has 0 radical (unpaired) electrons. The van der Waals surface area contributed by atoms with Gasteiger partial charge in [0.05, 0.1) is 30.6 Å². The van der Waals surface area contributed by atoms with E-state index in [9.17, 15) is 9.59 Å². The zero-order valence-electron chi connectivity index (χ0n) is 25.1. The van der Waals surface area contributed by atoms with Crippen molar-refractivity contribution in [2.45, 2.75) is 101 Å². The molecule has 2 saturated heterocycles. The van der Waals surface area contributed by atoms with E-state index in [1.807, 2.05) is 27.7 Å². The van der Waals surface area contributed by atoms with E-state index < -0.39 is 23.3 Å². The van der Waals surface area contributed by atoms with Gasteiger partial charge in [-0.25, -0.2) is 4.79 Å². The van der Waals surface area contributed by atoms with Crippen LogP contribution in [0.3, 0.4) is 0 Å². The predicted octanol–water partition coefficient (Wildman–Crippen LogP) is 4.32. The Morgan fingerprint density at radius 1 is 1.05 bits per heavy atom. The van der Waals surface area contributed by atoms with Crippen molar-refractivity contribution in [1.29, 1.82) is 0 Å². The molecule has 1 aliphatic carbocycles. The quantitative estimate of drug-likeness (QED) is 0.450. The summed E-state index contributed by atoms with van der Waals surface area (Å²) >= 11 is 0. The number of carbonyl (C=O) groups is 2. The van der Waals surface area contributed by atoms with Gasteiger partial charge in [-0.3, -0.25) is 9.69 Å². The number of rotatable bonds is 7. The molecule has 1 aromatic rings. The number of carbonyl (C=O) groups excluding carboxylic acids is 2. The largest absolute Gasteiger partial charge is 0.497 e. The molecule has 0 saturated carbocycles. The number of benzene rings is 1. The lowest BCUT2D eigenvalue weighted by molar-refractivity contribution is -0.215. The second-order valence-corrected chi connectivity index (χ2v) is 12.7. The monoisotopic (exact) mass is 568 g/mol. The highest BCUT2D eigenvalue weighted by atomic mass is 16.7. The first-order chi connectivity index (χ1) is 19.6. The zero-order valence-corrected chi connectivity index (χ0v) is 25.1. The van der Waals surface area contributed by atoms with Gasteiger partial charge in [0, 0.05) is 19.6 Å². The highest BCUT2D eigenvalue weighted by Gasteiger charge is 2.60. The molecule has 0 N–H and O–H groups in total. The van der Waals surface area contributed by atoms with Crippen molar-refractivity contribution >= 4 is 11.9 Å². The van der Waals surface area contributed by atoms with Gasteiger partial charge in [-0.2, -0.15) is 0 Å². The summed E-state index contributed by atoms with van der Waals surface area (Å²) in [5.41, 5.74) is 0.0614. The molecule has 9 heteroatoms. The summed E-state index contributed by atoms with van der Waals surface area (Å²) in [6.45, 7) is 11.1. The molecule has 41 heavy (non-hydrogen) atoms. The number of amides is 1. The smallest absolute Gasteiger partial charge is 0.339 e. The van der Waals surface area contributed by atoms with Gasteiger partial charge in [0.1, 0.15) is 5.76 Å². The van der Waals surface area contributed by atoms with Crippen LogP contribution in [0.1, 0.15) is 83.3 Å². The molecule has 2 fully saturated rings. The molecule has 5 aliphatic rings. The van der Waals surface area contributed by atoms with Crippen molar-refractivity contribution in [2.75, 3.05) is 40.1 Å². The number of nitrogens with zero attached hydrogens (tertiary/aromatic N) is 2. The van der Waals surface area contributed by atoms with E-state index in [1.54, 1.807) is 12.0 Å². The lowest BCUT2D eigenvalue weighted by Crippen LogP contribution is -2.55. The van der Waals surface area contributed by atoms with E-state index in [1.165, 1.54) is 5.56 Å². The number of esters is 1. The summed E-state index contributed by atoms with van der Waals surface area (Å²) in [6, 6.07) is 4.17. The summed E-state index contributed by atoms with van der Waals surface area (Å²) in [5, 5.41) is 0.